The molecule has 0 spiro atoms. The van der Waals surface area contributed by atoms with Gasteiger partial charge in [-0.25, -0.2) is 0 Å². The lowest BCUT2D eigenvalue weighted by molar-refractivity contribution is 0.281. The van der Waals surface area contributed by atoms with Crippen molar-refractivity contribution in [3.8, 4) is 5.69 Å². The maximum absolute atomic E-state index is 9.21. The van der Waals surface area contributed by atoms with Gasteiger partial charge in [-0.15, -0.1) is 0 Å². The highest BCUT2D eigenvalue weighted by Gasteiger charge is 2.02. The van der Waals surface area contributed by atoms with Crippen LogP contribution in [0.2, 0.25) is 0 Å². The molecule has 0 aliphatic heterocycles. The molecule has 0 bridgehead atoms. The van der Waals surface area contributed by atoms with Crippen molar-refractivity contribution in [2.45, 2.75) is 6.61 Å². The number of halogens is 1. The zero-order valence-electron chi connectivity index (χ0n) is 7.52. The zero-order valence-corrected chi connectivity index (χ0v) is 9.11. The number of rotatable bonds is 2. The Bertz CT molecular complexity index is 423. The summed E-state index contributed by atoms with van der Waals surface area (Å²) in [6.45, 7) is 0.0486. The lowest BCUT2D eigenvalue weighted by Crippen LogP contribution is -1.96. The van der Waals surface area contributed by atoms with Crippen molar-refractivity contribution < 1.29 is 5.11 Å². The lowest BCUT2D eigenvalue weighted by Gasteiger charge is -2.08. The topological polar surface area (TPSA) is 25.2 Å². The molecule has 0 saturated carbocycles. The van der Waals surface area contributed by atoms with E-state index >= 15 is 0 Å². The van der Waals surface area contributed by atoms with Crippen LogP contribution in [-0.2, 0) is 6.61 Å². The Hall–Kier alpha value is -1.06. The van der Waals surface area contributed by atoms with Crippen molar-refractivity contribution in [1.29, 1.82) is 0 Å². The Morgan fingerprint density at radius 2 is 1.93 bits per heavy atom. The van der Waals surface area contributed by atoms with Gasteiger partial charge in [-0.05, 0) is 30.3 Å². The minimum Gasteiger partial charge on any atom is -0.392 e. The fourth-order valence-corrected chi connectivity index (χ4v) is 1.84. The van der Waals surface area contributed by atoms with E-state index in [-0.39, 0.29) is 6.61 Å². The summed E-state index contributed by atoms with van der Waals surface area (Å²) < 4.78 is 2.97. The highest BCUT2D eigenvalue weighted by molar-refractivity contribution is 9.10. The number of aliphatic hydroxyl groups excluding tert-OH is 1. The second-order valence-corrected chi connectivity index (χ2v) is 3.94. The van der Waals surface area contributed by atoms with Crippen LogP contribution < -0.4 is 0 Å². The molecule has 2 rings (SSSR count). The quantitative estimate of drug-likeness (QED) is 0.873. The summed E-state index contributed by atoms with van der Waals surface area (Å²) in [6.07, 6.45) is 3.92. The van der Waals surface area contributed by atoms with E-state index in [0.717, 1.165) is 15.7 Å². The SMILES string of the molecule is OCc1cc(Br)ccc1-n1cccc1. The van der Waals surface area contributed by atoms with Gasteiger partial charge in [0.05, 0.1) is 12.3 Å². The maximum atomic E-state index is 9.21. The normalized spacial score (nSPS) is 10.4. The van der Waals surface area contributed by atoms with Crippen LogP contribution in [0, 0.1) is 0 Å². The van der Waals surface area contributed by atoms with Crippen molar-refractivity contribution >= 4 is 15.9 Å². The third-order valence-electron chi connectivity index (χ3n) is 2.09. The first-order valence-electron chi connectivity index (χ1n) is 4.34. The van der Waals surface area contributed by atoms with Crippen LogP contribution in [0.3, 0.4) is 0 Å². The highest BCUT2D eigenvalue weighted by atomic mass is 79.9. The summed E-state index contributed by atoms with van der Waals surface area (Å²) in [5, 5.41) is 9.21. The fraction of sp³-hybridized carbons (Fsp3) is 0.0909. The molecule has 72 valence electrons. The molecule has 1 heterocycles. The summed E-state index contributed by atoms with van der Waals surface area (Å²) in [6, 6.07) is 9.80. The molecule has 2 aromatic rings. The van der Waals surface area contributed by atoms with E-state index in [4.69, 9.17) is 0 Å². The number of hydrogen-bond acceptors (Lipinski definition) is 1. The summed E-state index contributed by atoms with van der Waals surface area (Å²) in [5.74, 6) is 0. The smallest absolute Gasteiger partial charge is 0.0702 e. The molecule has 0 aliphatic rings. The summed E-state index contributed by atoms with van der Waals surface area (Å²) in [7, 11) is 0. The van der Waals surface area contributed by atoms with Crippen LogP contribution in [0.15, 0.2) is 47.2 Å². The molecule has 0 radical (unpaired) electrons. The summed E-state index contributed by atoms with van der Waals surface area (Å²) in [4.78, 5) is 0. The molecule has 0 unspecified atom stereocenters. The predicted octanol–water partition coefficient (Wildman–Crippen LogP) is 2.73. The van der Waals surface area contributed by atoms with Crippen molar-refractivity contribution in [2.75, 3.05) is 0 Å². The number of nitrogens with zero attached hydrogens (tertiary/aromatic N) is 1. The van der Waals surface area contributed by atoms with Gasteiger partial charge in [0.25, 0.3) is 0 Å². The van der Waals surface area contributed by atoms with Gasteiger partial charge in [-0.1, -0.05) is 15.9 Å². The van der Waals surface area contributed by atoms with E-state index in [2.05, 4.69) is 15.9 Å². The van der Waals surface area contributed by atoms with Gasteiger partial charge in [0.2, 0.25) is 0 Å². The van der Waals surface area contributed by atoms with Crippen LogP contribution >= 0.6 is 15.9 Å². The number of benzene rings is 1. The second kappa shape index (κ2) is 3.98. The highest BCUT2D eigenvalue weighted by Crippen LogP contribution is 2.20. The van der Waals surface area contributed by atoms with E-state index in [1.165, 1.54) is 0 Å². The molecular weight excluding hydrogens is 242 g/mol. The molecule has 2 nitrogen and oxygen atoms in total. The first kappa shape index (κ1) is 9.49. The lowest BCUT2D eigenvalue weighted by atomic mass is 10.2. The van der Waals surface area contributed by atoms with Crippen molar-refractivity contribution in [3.63, 3.8) is 0 Å². The van der Waals surface area contributed by atoms with E-state index in [1.807, 2.05) is 47.3 Å². The molecule has 0 aliphatic carbocycles. The summed E-state index contributed by atoms with van der Waals surface area (Å²) >= 11 is 3.38. The van der Waals surface area contributed by atoms with Crippen LogP contribution in [0.4, 0.5) is 0 Å². The molecule has 1 N–H and O–H groups in total. The monoisotopic (exact) mass is 251 g/mol. The molecule has 3 heteroatoms. The minimum atomic E-state index is 0.0486. The van der Waals surface area contributed by atoms with Gasteiger partial charge >= 0.3 is 0 Å². The van der Waals surface area contributed by atoms with Crippen LogP contribution in [0.1, 0.15) is 5.56 Å². The number of aliphatic hydroxyl groups is 1. The third kappa shape index (κ3) is 1.74. The van der Waals surface area contributed by atoms with Crippen molar-refractivity contribution in [2.24, 2.45) is 0 Å². The van der Waals surface area contributed by atoms with E-state index in [1.54, 1.807) is 0 Å². The molecule has 1 aromatic carbocycles. The average Bonchev–Trinajstić information content (AvgIpc) is 2.70. The number of aromatic nitrogens is 1. The number of hydrogen-bond donors (Lipinski definition) is 1. The fourth-order valence-electron chi connectivity index (χ4n) is 1.43. The van der Waals surface area contributed by atoms with Crippen LogP contribution in [0.5, 0.6) is 0 Å². The first-order valence-corrected chi connectivity index (χ1v) is 5.13. The molecule has 0 fully saturated rings. The Balaban J connectivity index is 2.53. The molecule has 14 heavy (non-hydrogen) atoms. The standard InChI is InChI=1S/C11H10BrNO/c12-10-3-4-11(9(7-10)8-14)13-5-1-2-6-13/h1-7,14H,8H2. The van der Waals surface area contributed by atoms with Gasteiger partial charge in [0.15, 0.2) is 0 Å². The molecule has 0 saturated heterocycles. The summed E-state index contributed by atoms with van der Waals surface area (Å²) in [5.41, 5.74) is 1.93. The van der Waals surface area contributed by atoms with Gasteiger partial charge in [0, 0.05) is 22.4 Å². The largest absolute Gasteiger partial charge is 0.392 e. The first-order chi connectivity index (χ1) is 6.81. The van der Waals surface area contributed by atoms with Gasteiger partial charge < -0.3 is 9.67 Å². The Labute approximate surface area is 90.9 Å². The Morgan fingerprint density at radius 3 is 2.57 bits per heavy atom. The van der Waals surface area contributed by atoms with Crippen LogP contribution in [0.25, 0.3) is 5.69 Å². The van der Waals surface area contributed by atoms with Crippen molar-refractivity contribution in [1.82, 2.24) is 4.57 Å². The predicted molar refractivity (Wildman–Crippen MR) is 59.4 cm³/mol. The molecule has 0 amide bonds. The zero-order chi connectivity index (χ0) is 9.97. The molecule has 1 aromatic heterocycles. The Kier molecular flexibility index (Phi) is 2.70. The molecule has 0 atom stereocenters. The van der Waals surface area contributed by atoms with Gasteiger partial charge in [-0.3, -0.25) is 0 Å². The Morgan fingerprint density at radius 1 is 1.21 bits per heavy atom. The van der Waals surface area contributed by atoms with Crippen molar-refractivity contribution in [3.05, 3.63) is 52.8 Å². The van der Waals surface area contributed by atoms with E-state index in [0.29, 0.717) is 0 Å². The van der Waals surface area contributed by atoms with Gasteiger partial charge in [-0.2, -0.15) is 0 Å². The van der Waals surface area contributed by atoms with Crippen LogP contribution in [-0.4, -0.2) is 9.67 Å². The molecular formula is C11H10BrNO. The van der Waals surface area contributed by atoms with E-state index in [9.17, 15) is 5.11 Å². The maximum Gasteiger partial charge on any atom is 0.0702 e. The van der Waals surface area contributed by atoms with E-state index < -0.39 is 0 Å². The third-order valence-corrected chi connectivity index (χ3v) is 2.59. The average molecular weight is 252 g/mol. The second-order valence-electron chi connectivity index (χ2n) is 3.02. The van der Waals surface area contributed by atoms with Gasteiger partial charge in [0.1, 0.15) is 0 Å². The minimum absolute atomic E-state index is 0.0486.